The monoisotopic (exact) mass is 313 g/mol. The van der Waals surface area contributed by atoms with Gasteiger partial charge in [-0.05, 0) is 36.5 Å². The molecule has 0 aromatic heterocycles. The van der Waals surface area contributed by atoms with E-state index in [0.29, 0.717) is 12.1 Å². The lowest BCUT2D eigenvalue weighted by molar-refractivity contribution is 0.0934. The summed E-state index contributed by atoms with van der Waals surface area (Å²) in [6, 6.07) is 6.39. The SMILES string of the molecule is CC(C)(CCCBr)CNC(=O)c1cccc(O)c1. The molecule has 100 valence electrons. The first-order valence-corrected chi connectivity index (χ1v) is 7.20. The van der Waals surface area contributed by atoms with Crippen molar-refractivity contribution in [2.75, 3.05) is 11.9 Å². The number of rotatable bonds is 6. The van der Waals surface area contributed by atoms with Gasteiger partial charge in [-0.25, -0.2) is 0 Å². The molecular weight excluding hydrogens is 294 g/mol. The summed E-state index contributed by atoms with van der Waals surface area (Å²) in [4.78, 5) is 11.9. The molecule has 1 amide bonds. The fraction of sp³-hybridized carbons (Fsp3) is 0.500. The minimum absolute atomic E-state index is 0.0836. The van der Waals surface area contributed by atoms with E-state index in [1.165, 1.54) is 6.07 Å². The second kappa shape index (κ2) is 6.78. The van der Waals surface area contributed by atoms with Gasteiger partial charge >= 0.3 is 0 Å². The topological polar surface area (TPSA) is 49.3 Å². The molecule has 0 spiro atoms. The van der Waals surface area contributed by atoms with Crippen molar-refractivity contribution >= 4 is 21.8 Å². The van der Waals surface area contributed by atoms with Crippen LogP contribution in [0.25, 0.3) is 0 Å². The molecule has 0 aliphatic carbocycles. The van der Waals surface area contributed by atoms with Crippen LogP contribution in [0.4, 0.5) is 0 Å². The molecule has 0 unspecified atom stereocenters. The van der Waals surface area contributed by atoms with Crippen molar-refractivity contribution in [1.29, 1.82) is 0 Å². The molecule has 1 aromatic carbocycles. The first kappa shape index (κ1) is 15.0. The number of halogens is 1. The number of benzene rings is 1. The summed E-state index contributed by atoms with van der Waals surface area (Å²) < 4.78 is 0. The van der Waals surface area contributed by atoms with Crippen LogP contribution in [0.2, 0.25) is 0 Å². The van der Waals surface area contributed by atoms with Gasteiger partial charge in [0, 0.05) is 17.4 Å². The minimum atomic E-state index is -0.141. The number of aromatic hydroxyl groups is 1. The third-order valence-corrected chi connectivity index (χ3v) is 3.38. The molecule has 0 aliphatic rings. The van der Waals surface area contributed by atoms with E-state index in [0.717, 1.165) is 18.2 Å². The molecule has 0 heterocycles. The third kappa shape index (κ3) is 5.08. The van der Waals surface area contributed by atoms with Gasteiger partial charge in [0.05, 0.1) is 0 Å². The Labute approximate surface area is 117 Å². The molecule has 3 nitrogen and oxygen atoms in total. The zero-order valence-corrected chi connectivity index (χ0v) is 12.5. The van der Waals surface area contributed by atoms with Gasteiger partial charge in [0.25, 0.3) is 5.91 Å². The van der Waals surface area contributed by atoms with Gasteiger partial charge in [0.1, 0.15) is 5.75 Å². The highest BCUT2D eigenvalue weighted by Gasteiger charge is 2.18. The maximum atomic E-state index is 11.9. The first-order chi connectivity index (χ1) is 8.44. The average molecular weight is 314 g/mol. The van der Waals surface area contributed by atoms with Crippen LogP contribution in [0.5, 0.6) is 5.75 Å². The van der Waals surface area contributed by atoms with Gasteiger partial charge in [-0.2, -0.15) is 0 Å². The highest BCUT2D eigenvalue weighted by atomic mass is 79.9. The summed E-state index contributed by atoms with van der Waals surface area (Å²) in [6.45, 7) is 4.91. The van der Waals surface area contributed by atoms with Crippen molar-refractivity contribution in [3.63, 3.8) is 0 Å². The van der Waals surface area contributed by atoms with E-state index < -0.39 is 0 Å². The van der Waals surface area contributed by atoms with E-state index in [1.54, 1.807) is 18.2 Å². The Hall–Kier alpha value is -1.03. The molecule has 2 N–H and O–H groups in total. The van der Waals surface area contributed by atoms with Crippen molar-refractivity contribution in [2.24, 2.45) is 5.41 Å². The number of phenols is 1. The molecule has 0 fully saturated rings. The number of phenolic OH excluding ortho intramolecular Hbond substituents is 1. The molecule has 4 heteroatoms. The summed E-state index contributed by atoms with van der Waals surface area (Å²) in [5.41, 5.74) is 0.576. The van der Waals surface area contributed by atoms with Crippen molar-refractivity contribution in [3.8, 4) is 5.75 Å². The van der Waals surface area contributed by atoms with Gasteiger partial charge in [0.2, 0.25) is 0 Å². The number of carbonyl (C=O) groups excluding carboxylic acids is 1. The maximum Gasteiger partial charge on any atom is 0.251 e. The summed E-state index contributed by atoms with van der Waals surface area (Å²) >= 11 is 3.41. The fourth-order valence-electron chi connectivity index (χ4n) is 1.70. The summed E-state index contributed by atoms with van der Waals surface area (Å²) in [6.07, 6.45) is 2.15. The molecule has 18 heavy (non-hydrogen) atoms. The Balaban J connectivity index is 2.50. The van der Waals surface area contributed by atoms with E-state index in [-0.39, 0.29) is 17.1 Å². The third-order valence-electron chi connectivity index (χ3n) is 2.82. The van der Waals surface area contributed by atoms with E-state index in [9.17, 15) is 9.90 Å². The van der Waals surface area contributed by atoms with Crippen molar-refractivity contribution in [1.82, 2.24) is 5.32 Å². The van der Waals surface area contributed by atoms with Crippen LogP contribution in [0.15, 0.2) is 24.3 Å². The van der Waals surface area contributed by atoms with Gasteiger partial charge in [-0.3, -0.25) is 4.79 Å². The summed E-state index contributed by atoms with van der Waals surface area (Å²) in [7, 11) is 0. The maximum absolute atomic E-state index is 11.9. The average Bonchev–Trinajstić information content (AvgIpc) is 2.34. The lowest BCUT2D eigenvalue weighted by atomic mass is 9.88. The van der Waals surface area contributed by atoms with Crippen LogP contribution in [0, 0.1) is 5.41 Å². The zero-order chi connectivity index (χ0) is 13.6. The molecule has 0 saturated carbocycles. The minimum Gasteiger partial charge on any atom is -0.508 e. The molecule has 0 bridgehead atoms. The quantitative estimate of drug-likeness (QED) is 0.791. The Morgan fingerprint density at radius 3 is 2.78 bits per heavy atom. The largest absolute Gasteiger partial charge is 0.508 e. The van der Waals surface area contributed by atoms with Crippen molar-refractivity contribution < 1.29 is 9.90 Å². The Morgan fingerprint density at radius 1 is 1.44 bits per heavy atom. The Bertz CT molecular complexity index is 405. The predicted octanol–water partition coefficient (Wildman–Crippen LogP) is 3.32. The summed E-state index contributed by atoms with van der Waals surface area (Å²) in [5, 5.41) is 13.2. The number of carbonyl (C=O) groups is 1. The highest BCUT2D eigenvalue weighted by Crippen LogP contribution is 2.22. The molecule has 0 aliphatic heterocycles. The van der Waals surface area contributed by atoms with Gasteiger partial charge in [0.15, 0.2) is 0 Å². The number of alkyl halides is 1. The lowest BCUT2D eigenvalue weighted by Crippen LogP contribution is -2.34. The number of nitrogens with one attached hydrogen (secondary N) is 1. The number of hydrogen-bond acceptors (Lipinski definition) is 2. The smallest absolute Gasteiger partial charge is 0.251 e. The fourth-order valence-corrected chi connectivity index (χ4v) is 1.98. The van der Waals surface area contributed by atoms with Crippen molar-refractivity contribution in [3.05, 3.63) is 29.8 Å². The van der Waals surface area contributed by atoms with Crippen LogP contribution in [-0.2, 0) is 0 Å². The van der Waals surface area contributed by atoms with Gasteiger partial charge in [-0.15, -0.1) is 0 Å². The molecule has 0 atom stereocenters. The standard InChI is InChI=1S/C14H20BrNO2/c1-14(2,7-4-8-15)10-16-13(18)11-5-3-6-12(17)9-11/h3,5-6,9,17H,4,7-8,10H2,1-2H3,(H,16,18). The Morgan fingerprint density at radius 2 is 2.17 bits per heavy atom. The molecular formula is C14H20BrNO2. The van der Waals surface area contributed by atoms with Crippen LogP contribution in [0.1, 0.15) is 37.0 Å². The highest BCUT2D eigenvalue weighted by molar-refractivity contribution is 9.09. The molecule has 1 aromatic rings. The van der Waals surface area contributed by atoms with Crippen LogP contribution in [-0.4, -0.2) is 22.9 Å². The van der Waals surface area contributed by atoms with Crippen LogP contribution in [0.3, 0.4) is 0 Å². The lowest BCUT2D eigenvalue weighted by Gasteiger charge is -2.24. The van der Waals surface area contributed by atoms with E-state index in [1.807, 2.05) is 0 Å². The number of hydrogen-bond donors (Lipinski definition) is 2. The van der Waals surface area contributed by atoms with Crippen LogP contribution >= 0.6 is 15.9 Å². The van der Waals surface area contributed by atoms with E-state index in [4.69, 9.17) is 0 Å². The molecule has 1 rings (SSSR count). The van der Waals surface area contributed by atoms with Gasteiger partial charge in [-0.1, -0.05) is 35.8 Å². The molecule has 0 radical (unpaired) electrons. The molecule has 0 saturated heterocycles. The first-order valence-electron chi connectivity index (χ1n) is 6.08. The predicted molar refractivity (Wildman–Crippen MR) is 77.2 cm³/mol. The van der Waals surface area contributed by atoms with Crippen LogP contribution < -0.4 is 5.32 Å². The second-order valence-electron chi connectivity index (χ2n) is 5.19. The Kier molecular flexibility index (Phi) is 5.66. The van der Waals surface area contributed by atoms with E-state index in [2.05, 4.69) is 35.1 Å². The van der Waals surface area contributed by atoms with Crippen molar-refractivity contribution in [2.45, 2.75) is 26.7 Å². The van der Waals surface area contributed by atoms with E-state index >= 15 is 0 Å². The number of amides is 1. The summed E-state index contributed by atoms with van der Waals surface area (Å²) in [5.74, 6) is -0.0287. The van der Waals surface area contributed by atoms with Gasteiger partial charge < -0.3 is 10.4 Å². The zero-order valence-electron chi connectivity index (χ0n) is 10.9. The normalized spacial score (nSPS) is 11.3. The second-order valence-corrected chi connectivity index (χ2v) is 5.98.